The summed E-state index contributed by atoms with van der Waals surface area (Å²) in [6.07, 6.45) is 1.34. The van der Waals surface area contributed by atoms with Crippen LogP contribution in [0, 0.1) is 10.1 Å². The SMILES string of the molecule is O=C(Oc1c(Br)cc(Br)cc1C=NNC(=O)c1[nH]c2c(Cl)cccc2c1-c1ccccc1)c1ccc([N+](=O)[O-])cc1. The molecule has 0 aliphatic rings. The average Bonchev–Trinajstić information content (AvgIpc) is 3.36. The van der Waals surface area contributed by atoms with Gasteiger partial charge in [-0.15, -0.1) is 0 Å². The zero-order valence-electron chi connectivity index (χ0n) is 20.7. The second kappa shape index (κ2) is 12.0. The Morgan fingerprint density at radius 2 is 1.73 bits per heavy atom. The molecule has 0 atom stereocenters. The third-order valence-electron chi connectivity index (χ3n) is 5.99. The van der Waals surface area contributed by atoms with E-state index in [1.54, 1.807) is 18.2 Å². The number of carbonyl (C=O) groups is 2. The molecule has 12 heteroatoms. The van der Waals surface area contributed by atoms with E-state index in [1.165, 1.54) is 30.5 Å². The van der Waals surface area contributed by atoms with Gasteiger partial charge in [0.05, 0.1) is 31.7 Å². The Hall–Kier alpha value is -4.32. The lowest BCUT2D eigenvalue weighted by molar-refractivity contribution is -0.384. The van der Waals surface area contributed by atoms with Crippen LogP contribution in [0.5, 0.6) is 5.75 Å². The number of aromatic nitrogens is 1. The number of ether oxygens (including phenoxy) is 1. The maximum Gasteiger partial charge on any atom is 0.343 e. The maximum atomic E-state index is 13.3. The molecule has 0 radical (unpaired) electrons. The lowest BCUT2D eigenvalue weighted by atomic mass is 10.0. The summed E-state index contributed by atoms with van der Waals surface area (Å²) in [5.74, 6) is -1.10. The molecule has 0 saturated heterocycles. The minimum absolute atomic E-state index is 0.118. The van der Waals surface area contributed by atoms with Crippen LogP contribution < -0.4 is 10.2 Å². The number of para-hydroxylation sites is 1. The van der Waals surface area contributed by atoms with Crippen LogP contribution in [0.2, 0.25) is 5.02 Å². The molecule has 0 bridgehead atoms. The topological polar surface area (TPSA) is 127 Å². The molecule has 0 fully saturated rings. The van der Waals surface area contributed by atoms with Gasteiger partial charge in [-0.1, -0.05) is 70.0 Å². The minimum atomic E-state index is -0.732. The molecule has 1 heterocycles. The fourth-order valence-electron chi connectivity index (χ4n) is 4.13. The number of nitrogens with one attached hydrogen (secondary N) is 2. The Balaban J connectivity index is 1.42. The number of carbonyl (C=O) groups excluding carboxylic acids is 2. The first-order chi connectivity index (χ1) is 19.7. The van der Waals surface area contributed by atoms with Crippen molar-refractivity contribution in [2.75, 3.05) is 0 Å². The van der Waals surface area contributed by atoms with Crippen LogP contribution in [0.4, 0.5) is 5.69 Å². The molecule has 4 aromatic carbocycles. The van der Waals surface area contributed by atoms with Crippen molar-refractivity contribution >= 4 is 78.1 Å². The summed E-state index contributed by atoms with van der Waals surface area (Å²) in [5.41, 5.74) is 5.26. The molecular formula is C29H17Br2ClN4O5. The molecule has 41 heavy (non-hydrogen) atoms. The van der Waals surface area contributed by atoms with Gasteiger partial charge in [0.1, 0.15) is 5.69 Å². The Kier molecular flexibility index (Phi) is 8.29. The molecule has 0 saturated carbocycles. The summed E-state index contributed by atoms with van der Waals surface area (Å²) in [4.78, 5) is 39.6. The first-order valence-corrected chi connectivity index (χ1v) is 13.8. The van der Waals surface area contributed by atoms with Crippen LogP contribution >= 0.6 is 43.5 Å². The number of esters is 1. The van der Waals surface area contributed by atoms with Crippen molar-refractivity contribution in [2.24, 2.45) is 5.10 Å². The Morgan fingerprint density at radius 1 is 1.00 bits per heavy atom. The number of hydrogen-bond donors (Lipinski definition) is 2. The number of aromatic amines is 1. The first-order valence-electron chi connectivity index (χ1n) is 11.9. The van der Waals surface area contributed by atoms with Crippen molar-refractivity contribution in [1.82, 2.24) is 10.4 Å². The summed E-state index contributed by atoms with van der Waals surface area (Å²) >= 11 is 13.2. The molecule has 9 nitrogen and oxygen atoms in total. The quantitative estimate of drug-likeness (QED) is 0.0588. The van der Waals surface area contributed by atoms with Crippen molar-refractivity contribution < 1.29 is 19.2 Å². The minimum Gasteiger partial charge on any atom is -0.421 e. The van der Waals surface area contributed by atoms with E-state index < -0.39 is 16.8 Å². The van der Waals surface area contributed by atoms with Gasteiger partial charge >= 0.3 is 5.97 Å². The monoisotopic (exact) mass is 694 g/mol. The number of hydrogen-bond acceptors (Lipinski definition) is 6. The Bertz CT molecular complexity index is 1840. The predicted octanol–water partition coefficient (Wildman–Crippen LogP) is 7.90. The number of fused-ring (bicyclic) bond motifs is 1. The van der Waals surface area contributed by atoms with Gasteiger partial charge in [-0.05, 0) is 51.8 Å². The summed E-state index contributed by atoms with van der Waals surface area (Å²) in [6.45, 7) is 0. The number of nitro benzene ring substituents is 1. The van der Waals surface area contributed by atoms with Gasteiger partial charge in [0, 0.05) is 33.1 Å². The van der Waals surface area contributed by atoms with Gasteiger partial charge in [-0.25, -0.2) is 10.2 Å². The van der Waals surface area contributed by atoms with Gasteiger partial charge in [0.2, 0.25) is 0 Å². The molecule has 5 aromatic rings. The lowest BCUT2D eigenvalue weighted by Crippen LogP contribution is -2.19. The highest BCUT2D eigenvalue weighted by Gasteiger charge is 2.21. The molecule has 0 aliphatic carbocycles. The number of amides is 1. The second-order valence-corrected chi connectivity index (χ2v) is 10.8. The van der Waals surface area contributed by atoms with E-state index in [4.69, 9.17) is 16.3 Å². The van der Waals surface area contributed by atoms with E-state index in [0.717, 1.165) is 10.9 Å². The smallest absolute Gasteiger partial charge is 0.343 e. The lowest BCUT2D eigenvalue weighted by Gasteiger charge is -2.10. The van der Waals surface area contributed by atoms with Crippen molar-refractivity contribution in [3.63, 3.8) is 0 Å². The number of H-pyrrole nitrogens is 1. The number of rotatable bonds is 7. The summed E-state index contributed by atoms with van der Waals surface area (Å²) < 4.78 is 6.68. The van der Waals surface area contributed by atoms with E-state index in [1.807, 2.05) is 42.5 Å². The van der Waals surface area contributed by atoms with Gasteiger partial charge in [0.15, 0.2) is 5.75 Å². The van der Waals surface area contributed by atoms with Gasteiger partial charge in [0.25, 0.3) is 11.6 Å². The van der Waals surface area contributed by atoms with E-state index in [2.05, 4.69) is 47.4 Å². The fourth-order valence-corrected chi connectivity index (χ4v) is 5.69. The average molecular weight is 697 g/mol. The molecule has 0 unspecified atom stereocenters. The molecule has 0 spiro atoms. The molecular weight excluding hydrogens is 680 g/mol. The third kappa shape index (κ3) is 6.07. The first kappa shape index (κ1) is 28.2. The van der Waals surface area contributed by atoms with Crippen molar-refractivity contribution in [3.05, 3.63) is 126 Å². The largest absolute Gasteiger partial charge is 0.421 e. The highest BCUT2D eigenvalue weighted by atomic mass is 79.9. The van der Waals surface area contributed by atoms with Crippen molar-refractivity contribution in [2.45, 2.75) is 0 Å². The number of hydrazone groups is 1. The number of benzene rings is 4. The Labute approximate surface area is 254 Å². The molecule has 1 aromatic heterocycles. The van der Waals surface area contributed by atoms with E-state index in [9.17, 15) is 19.7 Å². The number of halogens is 3. The molecule has 0 aliphatic heterocycles. The highest BCUT2D eigenvalue weighted by Crippen LogP contribution is 2.36. The fraction of sp³-hybridized carbons (Fsp3) is 0. The van der Waals surface area contributed by atoms with Crippen molar-refractivity contribution in [1.29, 1.82) is 0 Å². The Morgan fingerprint density at radius 3 is 2.44 bits per heavy atom. The summed E-state index contributed by atoms with van der Waals surface area (Å²) in [6, 6.07) is 23.2. The predicted molar refractivity (Wildman–Crippen MR) is 164 cm³/mol. The van der Waals surface area contributed by atoms with Gasteiger partial charge in [-0.3, -0.25) is 14.9 Å². The van der Waals surface area contributed by atoms with Crippen LogP contribution in [0.15, 0.2) is 99.0 Å². The molecule has 1 amide bonds. The summed E-state index contributed by atoms with van der Waals surface area (Å²) in [7, 11) is 0. The third-order valence-corrected chi connectivity index (χ3v) is 7.35. The second-order valence-electron chi connectivity index (χ2n) is 8.60. The van der Waals surface area contributed by atoms with Crippen molar-refractivity contribution in [3.8, 4) is 16.9 Å². The maximum absolute atomic E-state index is 13.3. The van der Waals surface area contributed by atoms with E-state index in [-0.39, 0.29) is 22.7 Å². The molecule has 204 valence electrons. The normalized spacial score (nSPS) is 11.1. The van der Waals surface area contributed by atoms with E-state index in [0.29, 0.717) is 30.6 Å². The number of nitro groups is 1. The number of non-ortho nitro benzene ring substituents is 1. The highest BCUT2D eigenvalue weighted by molar-refractivity contribution is 9.11. The molecule has 2 N–H and O–H groups in total. The standard InChI is InChI=1S/C29H17Br2ClN4O5/c30-19-13-18(27(22(31)14-19)41-29(38)17-9-11-20(12-10-17)36(39)40)15-33-35-28(37)26-24(16-5-2-1-3-6-16)21-7-4-8-23(32)25(21)34-26/h1-15,34H,(H,35,37). The van der Waals surface area contributed by atoms with E-state index >= 15 is 0 Å². The van der Waals surface area contributed by atoms with Crippen LogP contribution in [0.3, 0.4) is 0 Å². The van der Waals surface area contributed by atoms with Crippen LogP contribution in [0.25, 0.3) is 22.0 Å². The summed E-state index contributed by atoms with van der Waals surface area (Å²) in [5, 5.41) is 16.3. The van der Waals surface area contributed by atoms with Crippen LogP contribution in [0.1, 0.15) is 26.4 Å². The van der Waals surface area contributed by atoms with Gasteiger partial charge in [-0.2, -0.15) is 5.10 Å². The molecule has 5 rings (SSSR count). The zero-order chi connectivity index (χ0) is 29.1. The van der Waals surface area contributed by atoms with Crippen LogP contribution in [-0.4, -0.2) is 28.0 Å². The zero-order valence-corrected chi connectivity index (χ0v) is 24.7. The van der Waals surface area contributed by atoms with Crippen LogP contribution in [-0.2, 0) is 0 Å². The van der Waals surface area contributed by atoms with Gasteiger partial charge < -0.3 is 9.72 Å². The number of nitrogens with zero attached hydrogens (tertiary/aromatic N) is 2.